The second kappa shape index (κ2) is 8.88. The van der Waals surface area contributed by atoms with Crippen molar-refractivity contribution >= 4 is 17.7 Å². The molecular weight excluding hydrogens is 220 g/mol. The summed E-state index contributed by atoms with van der Waals surface area (Å²) in [6, 6.07) is 0.196. The molecule has 0 aromatic heterocycles. The van der Waals surface area contributed by atoms with Crippen LogP contribution in [-0.2, 0) is 4.79 Å². The van der Waals surface area contributed by atoms with Gasteiger partial charge in [0.2, 0.25) is 5.91 Å². The predicted molar refractivity (Wildman–Crippen MR) is 72.7 cm³/mol. The van der Waals surface area contributed by atoms with Gasteiger partial charge >= 0.3 is 0 Å². The third kappa shape index (κ3) is 7.12. The summed E-state index contributed by atoms with van der Waals surface area (Å²) in [4.78, 5) is 13.5. The lowest BCUT2D eigenvalue weighted by molar-refractivity contribution is -0.130. The van der Waals surface area contributed by atoms with Crippen molar-refractivity contribution in [2.75, 3.05) is 25.6 Å². The molecule has 0 rings (SSSR count). The molecule has 0 aromatic carbocycles. The number of nitrogens with two attached hydrogens (primary N) is 1. The highest BCUT2D eigenvalue weighted by Gasteiger charge is 2.12. The van der Waals surface area contributed by atoms with Crippen LogP contribution in [0.5, 0.6) is 0 Å². The molecule has 0 saturated carbocycles. The first-order chi connectivity index (χ1) is 7.49. The Balaban J connectivity index is 3.70. The van der Waals surface area contributed by atoms with E-state index in [0.29, 0.717) is 12.3 Å². The Labute approximate surface area is 104 Å². The first-order valence-corrected chi connectivity index (χ1v) is 7.37. The molecule has 4 heteroatoms. The smallest absolute Gasteiger partial charge is 0.222 e. The first kappa shape index (κ1) is 15.8. The van der Waals surface area contributed by atoms with Gasteiger partial charge in [-0.25, -0.2) is 0 Å². The summed E-state index contributed by atoms with van der Waals surface area (Å²) < 4.78 is 0. The molecule has 1 unspecified atom stereocenters. The van der Waals surface area contributed by atoms with Crippen LogP contribution in [0.15, 0.2) is 0 Å². The van der Waals surface area contributed by atoms with Crippen LogP contribution < -0.4 is 5.73 Å². The molecule has 1 atom stereocenters. The van der Waals surface area contributed by atoms with Crippen LogP contribution in [0.25, 0.3) is 0 Å². The average Bonchev–Trinajstić information content (AvgIpc) is 2.25. The maximum absolute atomic E-state index is 11.7. The molecule has 2 N–H and O–H groups in total. The van der Waals surface area contributed by atoms with E-state index in [9.17, 15) is 4.79 Å². The number of rotatable bonds is 8. The Kier molecular flexibility index (Phi) is 8.76. The van der Waals surface area contributed by atoms with Gasteiger partial charge in [0, 0.05) is 26.1 Å². The van der Waals surface area contributed by atoms with Crippen LogP contribution in [0, 0.1) is 5.92 Å². The molecule has 0 heterocycles. The first-order valence-electron chi connectivity index (χ1n) is 5.97. The monoisotopic (exact) mass is 246 g/mol. The summed E-state index contributed by atoms with van der Waals surface area (Å²) in [6.07, 6.45) is 4.59. The summed E-state index contributed by atoms with van der Waals surface area (Å²) in [5, 5.41) is 0. The van der Waals surface area contributed by atoms with Crippen LogP contribution in [0.2, 0.25) is 0 Å². The molecule has 0 radical (unpaired) electrons. The third-order valence-electron chi connectivity index (χ3n) is 2.82. The minimum atomic E-state index is 0.196. The van der Waals surface area contributed by atoms with E-state index >= 15 is 0 Å². The number of amides is 1. The number of carbonyl (C=O) groups is 1. The summed E-state index contributed by atoms with van der Waals surface area (Å²) in [5.74, 6) is 1.79. The lowest BCUT2D eigenvalue weighted by Gasteiger charge is -2.21. The van der Waals surface area contributed by atoms with Gasteiger partial charge in [-0.1, -0.05) is 13.8 Å². The number of hydrogen-bond acceptors (Lipinski definition) is 3. The fourth-order valence-electron chi connectivity index (χ4n) is 1.36. The summed E-state index contributed by atoms with van der Waals surface area (Å²) in [7, 11) is 1.87. The van der Waals surface area contributed by atoms with Gasteiger partial charge in [0.05, 0.1) is 0 Å². The lowest BCUT2D eigenvalue weighted by atomic mass is 10.0. The molecule has 3 nitrogen and oxygen atoms in total. The van der Waals surface area contributed by atoms with Crippen molar-refractivity contribution < 1.29 is 4.79 Å². The molecule has 0 spiro atoms. The van der Waals surface area contributed by atoms with E-state index in [0.717, 1.165) is 25.1 Å². The lowest BCUT2D eigenvalue weighted by Crippen LogP contribution is -2.34. The second-order valence-corrected chi connectivity index (χ2v) is 5.59. The fourth-order valence-corrected chi connectivity index (χ4v) is 1.79. The number of hydrogen-bond donors (Lipinski definition) is 1. The topological polar surface area (TPSA) is 46.3 Å². The highest BCUT2D eigenvalue weighted by atomic mass is 32.2. The molecular formula is C12H26N2OS. The van der Waals surface area contributed by atoms with Gasteiger partial charge in [-0.3, -0.25) is 4.79 Å². The zero-order valence-electron chi connectivity index (χ0n) is 11.0. The third-order valence-corrected chi connectivity index (χ3v) is 3.52. The molecule has 0 fully saturated rings. The molecule has 96 valence electrons. The van der Waals surface area contributed by atoms with E-state index in [1.165, 1.54) is 0 Å². The highest BCUT2D eigenvalue weighted by Crippen LogP contribution is 2.06. The Hall–Kier alpha value is -0.220. The molecule has 0 aliphatic carbocycles. The van der Waals surface area contributed by atoms with E-state index in [2.05, 4.69) is 20.1 Å². The number of carbonyl (C=O) groups excluding carboxylic acids is 1. The van der Waals surface area contributed by atoms with E-state index < -0.39 is 0 Å². The molecule has 0 saturated heterocycles. The van der Waals surface area contributed by atoms with Gasteiger partial charge in [0.1, 0.15) is 0 Å². The Morgan fingerprint density at radius 2 is 2.06 bits per heavy atom. The van der Waals surface area contributed by atoms with Crippen molar-refractivity contribution in [1.29, 1.82) is 0 Å². The fraction of sp³-hybridized carbons (Fsp3) is 0.917. The van der Waals surface area contributed by atoms with Crippen molar-refractivity contribution in [3.05, 3.63) is 0 Å². The minimum Gasteiger partial charge on any atom is -0.346 e. The molecule has 0 aromatic rings. The molecule has 1 amide bonds. The van der Waals surface area contributed by atoms with Gasteiger partial charge in [-0.15, -0.1) is 0 Å². The Morgan fingerprint density at radius 1 is 1.44 bits per heavy atom. The summed E-state index contributed by atoms with van der Waals surface area (Å²) >= 11 is 1.79. The highest BCUT2D eigenvalue weighted by molar-refractivity contribution is 7.98. The van der Waals surface area contributed by atoms with Crippen molar-refractivity contribution in [3.8, 4) is 0 Å². The van der Waals surface area contributed by atoms with Crippen molar-refractivity contribution in [3.63, 3.8) is 0 Å². The van der Waals surface area contributed by atoms with Crippen LogP contribution in [0.4, 0.5) is 0 Å². The van der Waals surface area contributed by atoms with Gasteiger partial charge in [0.25, 0.3) is 0 Å². The van der Waals surface area contributed by atoms with Crippen molar-refractivity contribution in [2.24, 2.45) is 11.7 Å². The van der Waals surface area contributed by atoms with Crippen LogP contribution in [-0.4, -0.2) is 42.4 Å². The minimum absolute atomic E-state index is 0.196. The Morgan fingerprint density at radius 3 is 2.56 bits per heavy atom. The normalized spacial score (nSPS) is 12.9. The molecule has 0 bridgehead atoms. The van der Waals surface area contributed by atoms with E-state index in [-0.39, 0.29) is 11.9 Å². The van der Waals surface area contributed by atoms with Crippen LogP contribution in [0.3, 0.4) is 0 Å². The summed E-state index contributed by atoms with van der Waals surface area (Å²) in [5.41, 5.74) is 5.95. The van der Waals surface area contributed by atoms with E-state index in [1.807, 2.05) is 11.9 Å². The predicted octanol–water partition coefficient (Wildman–Crippen LogP) is 1.96. The Bertz CT molecular complexity index is 197. The number of nitrogens with zero attached hydrogens (tertiary/aromatic N) is 1. The zero-order valence-corrected chi connectivity index (χ0v) is 11.8. The zero-order chi connectivity index (χ0) is 12.6. The maximum Gasteiger partial charge on any atom is 0.222 e. The van der Waals surface area contributed by atoms with Gasteiger partial charge < -0.3 is 10.6 Å². The van der Waals surface area contributed by atoms with Gasteiger partial charge in [0.15, 0.2) is 0 Å². The number of thioether (sulfide) groups is 1. The summed E-state index contributed by atoms with van der Waals surface area (Å²) in [6.45, 7) is 5.01. The quantitative estimate of drug-likeness (QED) is 0.666. The standard InChI is InChI=1S/C12H26N2OS/c1-10(2)11(13)7-8-14(3)12(15)6-5-9-16-4/h10-11H,5-9,13H2,1-4H3. The van der Waals surface area contributed by atoms with Crippen LogP contribution >= 0.6 is 11.8 Å². The maximum atomic E-state index is 11.7. The van der Waals surface area contributed by atoms with E-state index in [1.54, 1.807) is 11.8 Å². The second-order valence-electron chi connectivity index (χ2n) is 4.61. The molecule has 0 aliphatic heterocycles. The molecule has 16 heavy (non-hydrogen) atoms. The largest absolute Gasteiger partial charge is 0.346 e. The van der Waals surface area contributed by atoms with Crippen molar-refractivity contribution in [2.45, 2.75) is 39.2 Å². The van der Waals surface area contributed by atoms with Crippen molar-refractivity contribution in [1.82, 2.24) is 4.90 Å². The van der Waals surface area contributed by atoms with Gasteiger partial charge in [-0.05, 0) is 30.8 Å². The molecule has 0 aliphatic rings. The SMILES string of the molecule is CSCCCC(=O)N(C)CCC(N)C(C)C. The van der Waals surface area contributed by atoms with E-state index in [4.69, 9.17) is 5.73 Å². The van der Waals surface area contributed by atoms with Crippen LogP contribution in [0.1, 0.15) is 33.1 Å². The van der Waals surface area contributed by atoms with Gasteiger partial charge in [-0.2, -0.15) is 11.8 Å². The average molecular weight is 246 g/mol.